The number of hydrogen-bond acceptors (Lipinski definition) is 3. The summed E-state index contributed by atoms with van der Waals surface area (Å²) in [6, 6.07) is 3.74. The van der Waals surface area contributed by atoms with Gasteiger partial charge in [0.1, 0.15) is 0 Å². The Balaban J connectivity index is 2.82. The minimum atomic E-state index is -0.285. The molecule has 16 heavy (non-hydrogen) atoms. The zero-order valence-electron chi connectivity index (χ0n) is 10.00. The van der Waals surface area contributed by atoms with Gasteiger partial charge in [0.15, 0.2) is 0 Å². The summed E-state index contributed by atoms with van der Waals surface area (Å²) in [7, 11) is 1.98. The van der Waals surface area contributed by atoms with E-state index in [0.29, 0.717) is 10.7 Å². The van der Waals surface area contributed by atoms with Crippen molar-refractivity contribution in [2.45, 2.75) is 26.4 Å². The number of aryl methyl sites for hydroxylation is 1. The molecule has 90 valence electrons. The highest BCUT2D eigenvalue weighted by Crippen LogP contribution is 2.28. The van der Waals surface area contributed by atoms with E-state index in [9.17, 15) is 5.11 Å². The molecule has 0 saturated carbocycles. The number of hydrogen-bond donors (Lipinski definition) is 2. The van der Waals surface area contributed by atoms with Crippen molar-refractivity contribution in [3.05, 3.63) is 22.7 Å². The Kier molecular flexibility index (Phi) is 4.44. The summed E-state index contributed by atoms with van der Waals surface area (Å²) in [5.41, 5.74) is 8.47. The second-order valence-corrected chi connectivity index (χ2v) is 4.63. The molecule has 1 rings (SSSR count). The van der Waals surface area contributed by atoms with Gasteiger partial charge >= 0.3 is 0 Å². The lowest BCUT2D eigenvalue weighted by Gasteiger charge is -2.22. The van der Waals surface area contributed by atoms with Crippen molar-refractivity contribution in [1.29, 1.82) is 0 Å². The van der Waals surface area contributed by atoms with Gasteiger partial charge in [-0.15, -0.1) is 0 Å². The number of rotatable bonds is 4. The molecule has 0 fully saturated rings. The van der Waals surface area contributed by atoms with Crippen LogP contribution in [0.25, 0.3) is 0 Å². The van der Waals surface area contributed by atoms with Crippen LogP contribution in [0.4, 0.5) is 11.4 Å². The van der Waals surface area contributed by atoms with Crippen molar-refractivity contribution in [1.82, 2.24) is 0 Å². The highest BCUT2D eigenvalue weighted by molar-refractivity contribution is 6.33. The molecule has 1 atom stereocenters. The Bertz CT molecular complexity index is 366. The van der Waals surface area contributed by atoms with E-state index in [1.54, 1.807) is 6.92 Å². The third-order valence-electron chi connectivity index (χ3n) is 2.61. The summed E-state index contributed by atoms with van der Waals surface area (Å²) in [4.78, 5) is 2.08. The molecule has 0 aromatic heterocycles. The van der Waals surface area contributed by atoms with Crippen LogP contribution in [0.15, 0.2) is 12.1 Å². The van der Waals surface area contributed by atoms with E-state index in [2.05, 4.69) is 4.90 Å². The molecule has 0 amide bonds. The van der Waals surface area contributed by atoms with Crippen molar-refractivity contribution in [3.8, 4) is 0 Å². The average Bonchev–Trinajstić information content (AvgIpc) is 2.20. The molecule has 0 radical (unpaired) electrons. The molecule has 0 spiro atoms. The van der Waals surface area contributed by atoms with Crippen LogP contribution in [0.2, 0.25) is 5.02 Å². The minimum Gasteiger partial charge on any atom is -0.398 e. The molecule has 1 aromatic carbocycles. The van der Waals surface area contributed by atoms with E-state index < -0.39 is 0 Å². The monoisotopic (exact) mass is 242 g/mol. The van der Waals surface area contributed by atoms with Crippen LogP contribution >= 0.6 is 11.6 Å². The fraction of sp³-hybridized carbons (Fsp3) is 0.500. The summed E-state index contributed by atoms with van der Waals surface area (Å²) >= 11 is 5.99. The van der Waals surface area contributed by atoms with Gasteiger partial charge in [0, 0.05) is 19.3 Å². The van der Waals surface area contributed by atoms with E-state index >= 15 is 0 Å². The predicted octanol–water partition coefficient (Wildman–Crippen LogP) is 2.44. The van der Waals surface area contributed by atoms with Crippen LogP contribution in [-0.2, 0) is 0 Å². The smallest absolute Gasteiger partial charge is 0.0656 e. The predicted molar refractivity (Wildman–Crippen MR) is 70.2 cm³/mol. The van der Waals surface area contributed by atoms with Gasteiger partial charge in [-0.1, -0.05) is 11.6 Å². The van der Waals surface area contributed by atoms with Crippen molar-refractivity contribution in [2.75, 3.05) is 24.2 Å². The number of nitrogens with two attached hydrogens (primary N) is 1. The molecular formula is C12H19ClN2O. The first-order chi connectivity index (χ1) is 7.41. The molecule has 0 saturated heterocycles. The molecule has 0 aliphatic carbocycles. The molecule has 3 nitrogen and oxygen atoms in total. The SMILES string of the molecule is Cc1cc(N)c(Cl)cc1N(C)CCC(C)O. The number of benzene rings is 1. The Morgan fingerprint density at radius 3 is 2.69 bits per heavy atom. The van der Waals surface area contributed by atoms with Gasteiger partial charge in [0.2, 0.25) is 0 Å². The van der Waals surface area contributed by atoms with Gasteiger partial charge in [-0.05, 0) is 38.0 Å². The maximum atomic E-state index is 9.24. The van der Waals surface area contributed by atoms with Crippen molar-refractivity contribution in [3.63, 3.8) is 0 Å². The largest absolute Gasteiger partial charge is 0.398 e. The number of halogens is 1. The van der Waals surface area contributed by atoms with E-state index in [1.807, 2.05) is 26.1 Å². The summed E-state index contributed by atoms with van der Waals surface area (Å²) in [5, 5.41) is 9.82. The Morgan fingerprint density at radius 2 is 2.12 bits per heavy atom. The first-order valence-electron chi connectivity index (χ1n) is 5.36. The van der Waals surface area contributed by atoms with Crippen LogP contribution in [-0.4, -0.2) is 24.8 Å². The lowest BCUT2D eigenvalue weighted by Crippen LogP contribution is -2.22. The lowest BCUT2D eigenvalue weighted by molar-refractivity contribution is 0.187. The molecule has 0 aliphatic rings. The zero-order valence-corrected chi connectivity index (χ0v) is 10.8. The Morgan fingerprint density at radius 1 is 1.50 bits per heavy atom. The van der Waals surface area contributed by atoms with Crippen LogP contribution in [0, 0.1) is 6.92 Å². The third-order valence-corrected chi connectivity index (χ3v) is 2.94. The fourth-order valence-electron chi connectivity index (χ4n) is 1.61. The topological polar surface area (TPSA) is 49.5 Å². The van der Waals surface area contributed by atoms with Crippen LogP contribution < -0.4 is 10.6 Å². The molecule has 1 aromatic rings. The summed E-state index contributed by atoms with van der Waals surface area (Å²) in [6.45, 7) is 4.58. The highest BCUT2D eigenvalue weighted by Gasteiger charge is 2.08. The highest BCUT2D eigenvalue weighted by atomic mass is 35.5. The first-order valence-corrected chi connectivity index (χ1v) is 5.74. The van der Waals surface area contributed by atoms with Crippen LogP contribution in [0.1, 0.15) is 18.9 Å². The normalized spacial score (nSPS) is 12.6. The zero-order chi connectivity index (χ0) is 12.3. The van der Waals surface area contributed by atoms with E-state index in [-0.39, 0.29) is 6.10 Å². The minimum absolute atomic E-state index is 0.285. The quantitative estimate of drug-likeness (QED) is 0.798. The van der Waals surface area contributed by atoms with E-state index in [1.165, 1.54) is 0 Å². The van der Waals surface area contributed by atoms with E-state index in [0.717, 1.165) is 24.2 Å². The lowest BCUT2D eigenvalue weighted by atomic mass is 10.1. The number of nitrogen functional groups attached to an aromatic ring is 1. The number of anilines is 2. The second-order valence-electron chi connectivity index (χ2n) is 4.22. The standard InChI is InChI=1S/C12H19ClN2O/c1-8-6-11(14)10(13)7-12(8)15(3)5-4-9(2)16/h6-7,9,16H,4-5,14H2,1-3H3. The summed E-state index contributed by atoms with van der Waals surface area (Å²) in [5.74, 6) is 0. The maximum absolute atomic E-state index is 9.24. The van der Waals surface area contributed by atoms with Gasteiger partial charge in [-0.2, -0.15) is 0 Å². The van der Waals surface area contributed by atoms with Gasteiger partial charge in [0.25, 0.3) is 0 Å². The second kappa shape index (κ2) is 5.41. The number of aliphatic hydroxyl groups excluding tert-OH is 1. The molecule has 0 heterocycles. The Labute approximate surface area is 102 Å². The van der Waals surface area contributed by atoms with Crippen LogP contribution in [0.3, 0.4) is 0 Å². The molecule has 3 N–H and O–H groups in total. The van der Waals surface area contributed by atoms with Crippen molar-refractivity contribution in [2.24, 2.45) is 0 Å². The molecule has 0 bridgehead atoms. The Hall–Kier alpha value is -0.930. The molecule has 1 unspecified atom stereocenters. The van der Waals surface area contributed by atoms with Gasteiger partial charge < -0.3 is 15.7 Å². The van der Waals surface area contributed by atoms with E-state index in [4.69, 9.17) is 17.3 Å². The van der Waals surface area contributed by atoms with Gasteiger partial charge in [0.05, 0.1) is 16.8 Å². The van der Waals surface area contributed by atoms with Gasteiger partial charge in [-0.3, -0.25) is 0 Å². The molecular weight excluding hydrogens is 224 g/mol. The van der Waals surface area contributed by atoms with Crippen molar-refractivity contribution >= 4 is 23.0 Å². The molecule has 0 aliphatic heterocycles. The van der Waals surface area contributed by atoms with Gasteiger partial charge in [-0.25, -0.2) is 0 Å². The summed E-state index contributed by atoms with van der Waals surface area (Å²) in [6.07, 6.45) is 0.449. The summed E-state index contributed by atoms with van der Waals surface area (Å²) < 4.78 is 0. The number of nitrogens with zero attached hydrogens (tertiary/aromatic N) is 1. The maximum Gasteiger partial charge on any atom is 0.0656 e. The average molecular weight is 243 g/mol. The van der Waals surface area contributed by atoms with Crippen molar-refractivity contribution < 1.29 is 5.11 Å². The number of aliphatic hydroxyl groups is 1. The first kappa shape index (κ1) is 13.1. The van der Waals surface area contributed by atoms with Crippen LogP contribution in [0.5, 0.6) is 0 Å². The fourth-order valence-corrected chi connectivity index (χ4v) is 1.76. The third kappa shape index (κ3) is 3.29. The molecule has 4 heteroatoms.